The number of sulfonamides is 1. The summed E-state index contributed by atoms with van der Waals surface area (Å²) in [5, 5.41) is 10.5. The van der Waals surface area contributed by atoms with E-state index in [0.29, 0.717) is 38.3 Å². The van der Waals surface area contributed by atoms with Gasteiger partial charge in [-0.1, -0.05) is 121 Å². The maximum Gasteiger partial charge on any atom is 0.335 e. The van der Waals surface area contributed by atoms with Gasteiger partial charge in [0.25, 0.3) is 0 Å². The quantitative estimate of drug-likeness (QED) is 0.106. The van der Waals surface area contributed by atoms with E-state index in [1.54, 1.807) is 24.3 Å². The molecule has 294 valence electrons. The molecule has 8 rings (SSSR count). The predicted octanol–water partition coefficient (Wildman–Crippen LogP) is 12.0. The zero-order chi connectivity index (χ0) is 40.8. The normalized spacial score (nSPS) is 11.3. The second-order valence-corrected chi connectivity index (χ2v) is 16.9. The van der Waals surface area contributed by atoms with Crippen molar-refractivity contribution in [2.75, 3.05) is 0 Å². The highest BCUT2D eigenvalue weighted by molar-refractivity contribution is 7.89. The fraction of sp³-hybridized carbons (Fsp3) is 0.0625. The molecule has 0 aliphatic carbocycles. The fourth-order valence-corrected chi connectivity index (χ4v) is 8.69. The Hall–Kier alpha value is -6.43. The summed E-state index contributed by atoms with van der Waals surface area (Å²) in [5.74, 6) is 0.786. The SMILES string of the molecule is O=C(O)c1ccc(S(=O)(=O)NCc2sc3cc(OCc4ccc(-c5ccccc5)cc4)c(OCc4ccc(-c5ccccc5)cc4)cc3c2Oc2ccc(Cl)cc2)cc1. The molecule has 0 spiro atoms. The number of fused-ring (bicyclic) bond motifs is 1. The van der Waals surface area contributed by atoms with Crippen molar-refractivity contribution in [1.82, 2.24) is 4.72 Å². The lowest BCUT2D eigenvalue weighted by Crippen LogP contribution is -2.23. The number of rotatable bonds is 15. The van der Waals surface area contributed by atoms with Gasteiger partial charge in [-0.2, -0.15) is 0 Å². The lowest BCUT2D eigenvalue weighted by Gasteiger charge is -2.15. The van der Waals surface area contributed by atoms with E-state index in [1.165, 1.54) is 35.6 Å². The maximum atomic E-state index is 13.4. The van der Waals surface area contributed by atoms with Gasteiger partial charge in [-0.15, -0.1) is 11.3 Å². The number of carboxylic acid groups (broad SMARTS) is 1. The Kier molecular flexibility index (Phi) is 11.8. The molecule has 2 N–H and O–H groups in total. The van der Waals surface area contributed by atoms with Crippen molar-refractivity contribution in [1.29, 1.82) is 0 Å². The molecular formula is C48H36ClNO7S2. The number of ether oxygens (including phenoxy) is 3. The highest BCUT2D eigenvalue weighted by Crippen LogP contribution is 2.46. The van der Waals surface area contributed by atoms with Gasteiger partial charge in [0.1, 0.15) is 19.0 Å². The van der Waals surface area contributed by atoms with Crippen LogP contribution >= 0.6 is 22.9 Å². The highest BCUT2D eigenvalue weighted by atomic mass is 35.5. The molecule has 0 aliphatic rings. The van der Waals surface area contributed by atoms with Crippen LogP contribution in [0.1, 0.15) is 26.4 Å². The Balaban J connectivity index is 1.12. The highest BCUT2D eigenvalue weighted by Gasteiger charge is 2.22. The summed E-state index contributed by atoms with van der Waals surface area (Å²) >= 11 is 7.54. The summed E-state index contributed by atoms with van der Waals surface area (Å²) in [6, 6.07) is 52.5. The third kappa shape index (κ3) is 9.49. The minimum atomic E-state index is -4.03. The zero-order valence-electron chi connectivity index (χ0n) is 31.4. The molecule has 0 radical (unpaired) electrons. The summed E-state index contributed by atoms with van der Waals surface area (Å²) in [6.45, 7) is 0.419. The number of halogens is 1. The molecule has 0 saturated heterocycles. The topological polar surface area (TPSA) is 111 Å². The van der Waals surface area contributed by atoms with Crippen LogP contribution < -0.4 is 18.9 Å². The van der Waals surface area contributed by atoms with Crippen LogP contribution in [0, 0.1) is 0 Å². The van der Waals surface area contributed by atoms with Crippen molar-refractivity contribution >= 4 is 49.0 Å². The van der Waals surface area contributed by atoms with E-state index < -0.39 is 16.0 Å². The molecule has 0 fully saturated rings. The number of carboxylic acids is 1. The van der Waals surface area contributed by atoms with E-state index in [-0.39, 0.29) is 30.2 Å². The second-order valence-electron chi connectivity index (χ2n) is 13.6. The van der Waals surface area contributed by atoms with Crippen LogP contribution in [0.2, 0.25) is 5.02 Å². The number of nitrogens with one attached hydrogen (secondary N) is 1. The van der Waals surface area contributed by atoms with Crippen molar-refractivity contribution in [3.05, 3.63) is 196 Å². The smallest absolute Gasteiger partial charge is 0.335 e. The van der Waals surface area contributed by atoms with Gasteiger partial charge in [0, 0.05) is 27.7 Å². The number of benzene rings is 7. The molecule has 8 nitrogen and oxygen atoms in total. The van der Waals surface area contributed by atoms with Crippen LogP contribution in [-0.2, 0) is 29.8 Å². The van der Waals surface area contributed by atoms with Gasteiger partial charge >= 0.3 is 5.97 Å². The van der Waals surface area contributed by atoms with Crippen LogP contribution in [0.25, 0.3) is 32.3 Å². The molecule has 1 aromatic heterocycles. The van der Waals surface area contributed by atoms with Crippen LogP contribution in [0.15, 0.2) is 175 Å². The molecule has 0 amide bonds. The standard InChI is InChI=1S/C48H36ClNO7S2/c49-39-21-23-40(24-22-39)57-47-42-27-43(55-30-32-11-15-36(16-12-32)34-7-3-1-4-8-34)44(56-31-33-13-17-37(18-14-33)35-9-5-2-6-10-35)28-45(42)58-46(47)29-50-59(53,54)41-25-19-38(20-26-41)48(51)52/h1-28,50H,29-31H2,(H,51,52). The maximum absolute atomic E-state index is 13.4. The first-order valence-electron chi connectivity index (χ1n) is 18.6. The molecule has 1 heterocycles. The van der Waals surface area contributed by atoms with Crippen molar-refractivity contribution < 1.29 is 32.5 Å². The average Bonchev–Trinajstić information content (AvgIpc) is 3.61. The Morgan fingerprint density at radius 1 is 0.627 bits per heavy atom. The summed E-state index contributed by atoms with van der Waals surface area (Å²) in [7, 11) is -4.03. The molecular weight excluding hydrogens is 802 g/mol. The molecule has 0 unspecified atom stereocenters. The summed E-state index contributed by atoms with van der Waals surface area (Å²) in [6.07, 6.45) is 0. The average molecular weight is 838 g/mol. The predicted molar refractivity (Wildman–Crippen MR) is 233 cm³/mol. The van der Waals surface area contributed by atoms with Crippen LogP contribution in [0.5, 0.6) is 23.0 Å². The summed E-state index contributed by atoms with van der Waals surface area (Å²) in [5.41, 5.74) is 6.36. The third-order valence-corrected chi connectivity index (χ3v) is 12.4. The van der Waals surface area contributed by atoms with Crippen LogP contribution in [-0.4, -0.2) is 19.5 Å². The summed E-state index contributed by atoms with van der Waals surface area (Å²) < 4.78 is 49.8. The molecule has 8 aromatic rings. The van der Waals surface area contributed by atoms with Gasteiger partial charge in [-0.05, 0) is 88.0 Å². The first-order valence-corrected chi connectivity index (χ1v) is 21.3. The zero-order valence-corrected chi connectivity index (χ0v) is 33.8. The van der Waals surface area contributed by atoms with Crippen LogP contribution in [0.3, 0.4) is 0 Å². The number of thiophene rings is 1. The van der Waals surface area contributed by atoms with E-state index in [4.69, 9.17) is 25.8 Å². The van der Waals surface area contributed by atoms with Gasteiger partial charge in [0.2, 0.25) is 10.0 Å². The van der Waals surface area contributed by atoms with E-state index in [9.17, 15) is 18.3 Å². The van der Waals surface area contributed by atoms with E-state index in [2.05, 4.69) is 53.3 Å². The second kappa shape index (κ2) is 17.6. The molecule has 7 aromatic carbocycles. The Morgan fingerprint density at radius 2 is 1.14 bits per heavy atom. The van der Waals surface area contributed by atoms with Gasteiger partial charge < -0.3 is 19.3 Å². The molecule has 59 heavy (non-hydrogen) atoms. The largest absolute Gasteiger partial charge is 0.485 e. The monoisotopic (exact) mass is 837 g/mol. The Morgan fingerprint density at radius 3 is 1.66 bits per heavy atom. The lowest BCUT2D eigenvalue weighted by molar-refractivity contribution is 0.0696. The molecule has 0 atom stereocenters. The van der Waals surface area contributed by atoms with Gasteiger partial charge in [0.05, 0.1) is 15.3 Å². The number of hydrogen-bond acceptors (Lipinski definition) is 7. The van der Waals surface area contributed by atoms with E-state index >= 15 is 0 Å². The summed E-state index contributed by atoms with van der Waals surface area (Å²) in [4.78, 5) is 11.9. The molecule has 0 saturated carbocycles. The molecule has 0 aliphatic heterocycles. The number of aromatic carboxylic acids is 1. The molecule has 11 heteroatoms. The number of hydrogen-bond donors (Lipinski definition) is 2. The van der Waals surface area contributed by atoms with Crippen molar-refractivity contribution in [3.63, 3.8) is 0 Å². The minimum absolute atomic E-state index is 0.0171. The van der Waals surface area contributed by atoms with Gasteiger partial charge in [-0.3, -0.25) is 0 Å². The third-order valence-electron chi connectivity index (χ3n) is 9.56. The van der Waals surface area contributed by atoms with E-state index in [0.717, 1.165) is 38.1 Å². The Bertz CT molecular complexity index is 2810. The number of carbonyl (C=O) groups is 1. The van der Waals surface area contributed by atoms with Gasteiger partial charge in [0.15, 0.2) is 17.2 Å². The van der Waals surface area contributed by atoms with Gasteiger partial charge in [-0.25, -0.2) is 17.9 Å². The lowest BCUT2D eigenvalue weighted by atomic mass is 10.0. The van der Waals surface area contributed by atoms with E-state index in [1.807, 2.05) is 72.8 Å². The fourth-order valence-electron chi connectivity index (χ4n) is 6.40. The van der Waals surface area contributed by atoms with Crippen molar-refractivity contribution in [2.24, 2.45) is 0 Å². The minimum Gasteiger partial charge on any atom is -0.485 e. The first kappa shape index (κ1) is 39.4. The van der Waals surface area contributed by atoms with Crippen LogP contribution in [0.4, 0.5) is 0 Å². The van der Waals surface area contributed by atoms with Crippen molar-refractivity contribution in [2.45, 2.75) is 24.7 Å². The molecule has 0 bridgehead atoms. The van der Waals surface area contributed by atoms with Crippen molar-refractivity contribution in [3.8, 4) is 45.3 Å². The first-order chi connectivity index (χ1) is 28.7. The Labute approximate surface area is 350 Å².